The van der Waals surface area contributed by atoms with Crippen LogP contribution in [0.15, 0.2) is 23.0 Å². The summed E-state index contributed by atoms with van der Waals surface area (Å²) in [6, 6.07) is 5.45. The molecule has 1 aromatic carbocycles. The zero-order valence-electron chi connectivity index (χ0n) is 26.4. The number of esters is 1. The first-order valence-corrected chi connectivity index (χ1v) is 16.0. The standard InChI is InChI=1S/C33H42N6O7/c1-3-33(43)23-16-25-30-21(18-39(25)31(41)22(23)19-46-32(33)42)20(17-38-13-11-37(2)12-14-38)28-24(35-30)9-10-26(29(28)34)45-15-7-5-4-6-8-27(40)36-44/h9-10,16,43-44H,3-8,11-15,17-19,34H2,1-2H3,(H,36,40)/t33-/m0/s1. The lowest BCUT2D eigenvalue weighted by Gasteiger charge is -2.33. The van der Waals surface area contributed by atoms with E-state index in [2.05, 4.69) is 16.8 Å². The molecule has 3 aliphatic rings. The number of piperazine rings is 1. The molecule has 0 saturated carbocycles. The Morgan fingerprint density at radius 1 is 1.13 bits per heavy atom. The fourth-order valence-electron chi connectivity index (χ4n) is 6.78. The lowest BCUT2D eigenvalue weighted by molar-refractivity contribution is -0.172. The number of aromatic nitrogens is 2. The SMILES string of the molecule is CC[C@@]1(O)C(=O)OCc2c1cc1n(c2=O)Cc2c-1nc1ccc(OCCCCCCC(=O)NO)c(N)c1c2CN1CCN(C)CC1. The van der Waals surface area contributed by atoms with Crippen molar-refractivity contribution in [2.45, 2.75) is 70.7 Å². The van der Waals surface area contributed by atoms with Crippen LogP contribution in [0.1, 0.15) is 67.7 Å². The van der Waals surface area contributed by atoms with Crippen molar-refractivity contribution >= 4 is 28.5 Å². The molecule has 0 bridgehead atoms. The smallest absolute Gasteiger partial charge is 0.343 e. The minimum atomic E-state index is -1.89. The number of nitrogen functional groups attached to an aromatic ring is 1. The average molecular weight is 635 g/mol. The van der Waals surface area contributed by atoms with Crippen molar-refractivity contribution in [3.8, 4) is 17.1 Å². The molecular weight excluding hydrogens is 592 g/mol. The first-order chi connectivity index (χ1) is 22.2. The Labute approximate surface area is 266 Å². The van der Waals surface area contributed by atoms with E-state index < -0.39 is 11.6 Å². The number of hydrogen-bond acceptors (Lipinski definition) is 11. The number of pyridine rings is 2. The molecule has 13 heteroatoms. The second-order valence-corrected chi connectivity index (χ2v) is 12.5. The molecule has 3 aromatic rings. The van der Waals surface area contributed by atoms with E-state index in [1.54, 1.807) is 23.0 Å². The molecule has 6 rings (SSSR count). The number of carbonyl (C=O) groups is 2. The molecule has 0 unspecified atom stereocenters. The Hall–Kier alpha value is -4.04. The number of fused-ring (bicyclic) bond motifs is 5. The quantitative estimate of drug-likeness (QED) is 0.0627. The van der Waals surface area contributed by atoms with Crippen molar-refractivity contribution < 1.29 is 29.4 Å². The highest BCUT2D eigenvalue weighted by atomic mass is 16.6. The molecule has 13 nitrogen and oxygen atoms in total. The summed E-state index contributed by atoms with van der Waals surface area (Å²) in [6.45, 7) is 6.53. The van der Waals surface area contributed by atoms with Crippen LogP contribution in [-0.2, 0) is 39.6 Å². The lowest BCUT2D eigenvalue weighted by atomic mass is 9.86. The van der Waals surface area contributed by atoms with E-state index in [9.17, 15) is 19.5 Å². The van der Waals surface area contributed by atoms with Gasteiger partial charge in [0.1, 0.15) is 12.4 Å². The molecule has 3 aliphatic heterocycles. The van der Waals surface area contributed by atoms with Gasteiger partial charge in [0.25, 0.3) is 5.56 Å². The van der Waals surface area contributed by atoms with Crippen molar-refractivity contribution in [1.82, 2.24) is 24.8 Å². The summed E-state index contributed by atoms with van der Waals surface area (Å²) in [6.07, 6.45) is 3.55. The summed E-state index contributed by atoms with van der Waals surface area (Å²) >= 11 is 0. The van der Waals surface area contributed by atoms with Gasteiger partial charge in [-0.15, -0.1) is 0 Å². The number of nitrogens with one attached hydrogen (secondary N) is 1. The minimum Gasteiger partial charge on any atom is -0.491 e. The van der Waals surface area contributed by atoms with Crippen molar-refractivity contribution in [3.63, 3.8) is 0 Å². The maximum absolute atomic E-state index is 13.8. The summed E-state index contributed by atoms with van der Waals surface area (Å²) < 4.78 is 13.1. The van der Waals surface area contributed by atoms with Crippen LogP contribution >= 0.6 is 0 Å². The Bertz CT molecular complexity index is 1730. The molecule has 246 valence electrons. The molecule has 1 atom stereocenters. The molecular formula is C33H42N6O7. The lowest BCUT2D eigenvalue weighted by Crippen LogP contribution is -2.44. The second-order valence-electron chi connectivity index (χ2n) is 12.5. The first-order valence-electron chi connectivity index (χ1n) is 16.0. The van der Waals surface area contributed by atoms with E-state index in [4.69, 9.17) is 25.4 Å². The Kier molecular flexibility index (Phi) is 9.01. The number of cyclic esters (lactones) is 1. The van der Waals surface area contributed by atoms with Gasteiger partial charge in [0.05, 0.1) is 41.3 Å². The summed E-state index contributed by atoms with van der Waals surface area (Å²) in [5.74, 6) is -0.561. The van der Waals surface area contributed by atoms with E-state index in [0.717, 1.165) is 62.0 Å². The van der Waals surface area contributed by atoms with Crippen LogP contribution in [0.25, 0.3) is 22.3 Å². The van der Waals surface area contributed by atoms with Crippen LogP contribution < -0.4 is 21.5 Å². The Balaban J connectivity index is 1.36. The van der Waals surface area contributed by atoms with Gasteiger partial charge in [-0.2, -0.15) is 0 Å². The van der Waals surface area contributed by atoms with Gasteiger partial charge in [-0.1, -0.05) is 19.8 Å². The number of carbonyl (C=O) groups excluding carboxylic acids is 2. The van der Waals surface area contributed by atoms with Crippen LogP contribution in [0, 0.1) is 0 Å². The molecule has 5 N–H and O–H groups in total. The number of rotatable bonds is 11. The topological polar surface area (TPSA) is 172 Å². The third-order valence-corrected chi connectivity index (χ3v) is 9.63. The third kappa shape index (κ3) is 5.72. The summed E-state index contributed by atoms with van der Waals surface area (Å²) in [4.78, 5) is 47.4. The molecule has 1 saturated heterocycles. The van der Waals surface area contributed by atoms with Gasteiger partial charge in [-0.05, 0) is 50.1 Å². The van der Waals surface area contributed by atoms with Crippen LogP contribution in [0.4, 0.5) is 5.69 Å². The van der Waals surface area contributed by atoms with Crippen molar-refractivity contribution in [2.24, 2.45) is 0 Å². The van der Waals surface area contributed by atoms with Gasteiger partial charge in [0.2, 0.25) is 5.91 Å². The van der Waals surface area contributed by atoms with Crippen LogP contribution in [-0.4, -0.2) is 81.4 Å². The Morgan fingerprint density at radius 3 is 2.63 bits per heavy atom. The average Bonchev–Trinajstić information content (AvgIpc) is 3.43. The van der Waals surface area contributed by atoms with Gasteiger partial charge in [0, 0.05) is 55.7 Å². The second kappa shape index (κ2) is 13.0. The number of nitrogens with two attached hydrogens (primary N) is 1. The fourth-order valence-corrected chi connectivity index (χ4v) is 6.78. The van der Waals surface area contributed by atoms with Gasteiger partial charge in [-0.3, -0.25) is 19.7 Å². The fraction of sp³-hybridized carbons (Fsp3) is 0.515. The first kappa shape index (κ1) is 31.9. The number of unbranched alkanes of at least 4 members (excludes halogenated alkanes) is 3. The normalized spacial score (nSPS) is 19.4. The number of benzene rings is 1. The van der Waals surface area contributed by atoms with E-state index in [0.29, 0.717) is 54.5 Å². The summed E-state index contributed by atoms with van der Waals surface area (Å²) in [7, 11) is 2.11. The summed E-state index contributed by atoms with van der Waals surface area (Å²) in [5.41, 5.74) is 11.2. The molecule has 1 amide bonds. The van der Waals surface area contributed by atoms with Gasteiger partial charge >= 0.3 is 5.97 Å². The number of hydrogen-bond donors (Lipinski definition) is 4. The van der Waals surface area contributed by atoms with E-state index in [1.165, 1.54) is 0 Å². The van der Waals surface area contributed by atoms with Crippen molar-refractivity contribution in [1.29, 1.82) is 0 Å². The highest BCUT2D eigenvalue weighted by Crippen LogP contribution is 2.43. The predicted octanol–water partition coefficient (Wildman–Crippen LogP) is 2.24. The molecule has 0 aliphatic carbocycles. The maximum Gasteiger partial charge on any atom is 0.343 e. The number of likely N-dealkylation sites (N-methyl/N-ethyl adjacent to an activating group) is 1. The van der Waals surface area contributed by atoms with Crippen molar-refractivity contribution in [3.05, 3.63) is 50.8 Å². The number of ether oxygens (including phenoxy) is 2. The molecule has 2 aromatic heterocycles. The van der Waals surface area contributed by atoms with Crippen molar-refractivity contribution in [2.75, 3.05) is 45.6 Å². The molecule has 0 spiro atoms. The molecule has 5 heterocycles. The zero-order valence-corrected chi connectivity index (χ0v) is 26.4. The van der Waals surface area contributed by atoms with E-state index in [1.807, 2.05) is 12.1 Å². The minimum absolute atomic E-state index is 0.0779. The third-order valence-electron chi connectivity index (χ3n) is 9.63. The number of aliphatic hydroxyl groups is 1. The Morgan fingerprint density at radius 2 is 1.89 bits per heavy atom. The largest absolute Gasteiger partial charge is 0.491 e. The highest BCUT2D eigenvalue weighted by molar-refractivity contribution is 5.99. The predicted molar refractivity (Wildman–Crippen MR) is 170 cm³/mol. The van der Waals surface area contributed by atoms with Crippen LogP contribution in [0.2, 0.25) is 0 Å². The van der Waals surface area contributed by atoms with Crippen LogP contribution in [0.3, 0.4) is 0 Å². The van der Waals surface area contributed by atoms with Gasteiger partial charge < -0.3 is 29.8 Å². The number of nitrogens with zero attached hydrogens (tertiary/aromatic N) is 4. The molecule has 0 radical (unpaired) electrons. The highest BCUT2D eigenvalue weighted by Gasteiger charge is 2.45. The number of amides is 1. The van der Waals surface area contributed by atoms with E-state index >= 15 is 0 Å². The zero-order chi connectivity index (χ0) is 32.6. The monoisotopic (exact) mass is 634 g/mol. The van der Waals surface area contributed by atoms with Gasteiger partial charge in [0.15, 0.2) is 5.60 Å². The van der Waals surface area contributed by atoms with E-state index in [-0.39, 0.29) is 42.0 Å². The molecule has 1 fully saturated rings. The number of hydroxylamine groups is 1. The molecule has 46 heavy (non-hydrogen) atoms. The summed E-state index contributed by atoms with van der Waals surface area (Å²) in [5, 5.41) is 20.7. The van der Waals surface area contributed by atoms with Gasteiger partial charge in [-0.25, -0.2) is 15.3 Å². The van der Waals surface area contributed by atoms with Crippen LogP contribution in [0.5, 0.6) is 5.75 Å². The maximum atomic E-state index is 13.8. The number of anilines is 1.